The van der Waals surface area contributed by atoms with Crippen molar-refractivity contribution < 1.29 is 17.9 Å². The number of benzene rings is 1. The Labute approximate surface area is 148 Å². The van der Waals surface area contributed by atoms with Crippen LogP contribution in [0.2, 0.25) is 0 Å². The van der Waals surface area contributed by atoms with Gasteiger partial charge in [0.2, 0.25) is 9.05 Å². The quantitative estimate of drug-likeness (QED) is 0.740. The fourth-order valence-electron chi connectivity index (χ4n) is 3.44. The molecule has 2 rings (SSSR count). The van der Waals surface area contributed by atoms with Gasteiger partial charge in [0.25, 0.3) is 0 Å². The highest BCUT2D eigenvalue weighted by molar-refractivity contribution is 8.13. The van der Waals surface area contributed by atoms with Crippen LogP contribution in [0.15, 0.2) is 30.3 Å². The molecule has 1 N–H and O–H groups in total. The molecule has 0 saturated heterocycles. The van der Waals surface area contributed by atoms with E-state index in [2.05, 4.69) is 5.32 Å². The van der Waals surface area contributed by atoms with E-state index in [9.17, 15) is 13.2 Å². The number of alkyl carbamates (subject to hydrolysis) is 1. The van der Waals surface area contributed by atoms with E-state index in [1.165, 1.54) is 0 Å². The molecule has 5 nitrogen and oxygen atoms in total. The number of halogens is 1. The van der Waals surface area contributed by atoms with Gasteiger partial charge >= 0.3 is 6.09 Å². The number of rotatable bonds is 7. The van der Waals surface area contributed by atoms with E-state index >= 15 is 0 Å². The second kappa shape index (κ2) is 7.74. The van der Waals surface area contributed by atoms with Crippen molar-refractivity contribution in [1.29, 1.82) is 0 Å². The Kier molecular flexibility index (Phi) is 6.15. The predicted molar refractivity (Wildman–Crippen MR) is 94.3 cm³/mol. The van der Waals surface area contributed by atoms with Crippen molar-refractivity contribution in [2.45, 2.75) is 45.8 Å². The van der Waals surface area contributed by atoms with Gasteiger partial charge in [-0.25, -0.2) is 13.2 Å². The van der Waals surface area contributed by atoms with Gasteiger partial charge in [0.1, 0.15) is 6.61 Å². The second-order valence-electron chi connectivity index (χ2n) is 6.83. The zero-order chi connectivity index (χ0) is 17.8. The van der Waals surface area contributed by atoms with Gasteiger partial charge in [0.05, 0.1) is 5.75 Å². The molecule has 0 aliphatic heterocycles. The second-order valence-corrected chi connectivity index (χ2v) is 9.60. The van der Waals surface area contributed by atoms with Gasteiger partial charge in [-0.05, 0) is 24.3 Å². The van der Waals surface area contributed by atoms with Crippen molar-refractivity contribution in [2.24, 2.45) is 11.3 Å². The molecule has 1 unspecified atom stereocenters. The van der Waals surface area contributed by atoms with Gasteiger partial charge in [-0.15, -0.1) is 0 Å². The average Bonchev–Trinajstić information content (AvgIpc) is 2.46. The van der Waals surface area contributed by atoms with Crippen LogP contribution in [0, 0.1) is 11.3 Å². The van der Waals surface area contributed by atoms with Gasteiger partial charge in [0.15, 0.2) is 0 Å². The van der Waals surface area contributed by atoms with Crippen LogP contribution in [-0.2, 0) is 20.4 Å². The molecule has 0 spiro atoms. The maximum absolute atomic E-state index is 12.2. The smallest absolute Gasteiger partial charge is 0.407 e. The van der Waals surface area contributed by atoms with Crippen LogP contribution in [0.4, 0.5) is 4.79 Å². The van der Waals surface area contributed by atoms with E-state index in [0.29, 0.717) is 0 Å². The molecule has 134 valence electrons. The molecule has 7 heteroatoms. The van der Waals surface area contributed by atoms with Crippen molar-refractivity contribution in [1.82, 2.24) is 5.32 Å². The molecule has 1 amide bonds. The minimum Gasteiger partial charge on any atom is -0.445 e. The third kappa shape index (κ3) is 5.11. The number of nitrogens with one attached hydrogen (secondary N) is 1. The molecule has 1 aromatic carbocycles. The monoisotopic (exact) mass is 373 g/mol. The van der Waals surface area contributed by atoms with Crippen molar-refractivity contribution >= 4 is 25.8 Å². The van der Waals surface area contributed by atoms with Gasteiger partial charge < -0.3 is 10.1 Å². The molecular weight excluding hydrogens is 350 g/mol. The molecule has 0 radical (unpaired) electrons. The largest absolute Gasteiger partial charge is 0.445 e. The molecule has 1 aliphatic rings. The predicted octanol–water partition coefficient (Wildman–Crippen LogP) is 3.68. The number of hydrogen-bond acceptors (Lipinski definition) is 4. The molecule has 0 aromatic heterocycles. The molecule has 24 heavy (non-hydrogen) atoms. The minimum absolute atomic E-state index is 0.0768. The highest BCUT2D eigenvalue weighted by Gasteiger charge is 2.48. The highest BCUT2D eigenvalue weighted by Crippen LogP contribution is 2.47. The molecule has 0 bridgehead atoms. The van der Waals surface area contributed by atoms with Crippen molar-refractivity contribution in [2.75, 3.05) is 5.75 Å². The summed E-state index contributed by atoms with van der Waals surface area (Å²) in [7, 11) is 1.85. The Bertz CT molecular complexity index is 656. The average molecular weight is 374 g/mol. The summed E-state index contributed by atoms with van der Waals surface area (Å²) in [5.74, 6) is -0.0448. The zero-order valence-electron chi connectivity index (χ0n) is 14.0. The first-order chi connectivity index (χ1) is 11.2. The maximum Gasteiger partial charge on any atom is 0.407 e. The topological polar surface area (TPSA) is 72.5 Å². The van der Waals surface area contributed by atoms with Crippen LogP contribution < -0.4 is 5.32 Å². The summed E-state index contributed by atoms with van der Waals surface area (Å²) in [6.07, 6.45) is 1.88. The Morgan fingerprint density at radius 2 is 1.92 bits per heavy atom. The summed E-state index contributed by atoms with van der Waals surface area (Å²) < 4.78 is 28.4. The minimum atomic E-state index is -3.63. The lowest BCUT2D eigenvalue weighted by atomic mass is 9.62. The van der Waals surface area contributed by atoms with Gasteiger partial charge in [-0.1, -0.05) is 50.6 Å². The fraction of sp³-hybridized carbons (Fsp3) is 0.588. The molecule has 1 aromatic rings. The third-order valence-electron chi connectivity index (χ3n) is 4.62. The zero-order valence-corrected chi connectivity index (χ0v) is 15.6. The summed E-state index contributed by atoms with van der Waals surface area (Å²) in [6, 6.07) is 9.11. The van der Waals surface area contributed by atoms with Crippen LogP contribution in [-0.4, -0.2) is 26.3 Å². The number of carbonyl (C=O) groups excluding carboxylic acids is 1. The Morgan fingerprint density at radius 1 is 1.29 bits per heavy atom. The number of hydrogen-bond donors (Lipinski definition) is 1. The fourth-order valence-corrected chi connectivity index (χ4v) is 5.24. The SMILES string of the molecule is CC(C)C(NC(=O)OCc1ccccc1)C1(CS(=O)(=O)Cl)CCC1. The summed E-state index contributed by atoms with van der Waals surface area (Å²) in [5, 5.41) is 2.87. The lowest BCUT2D eigenvalue weighted by molar-refractivity contribution is 0.0629. The van der Waals surface area contributed by atoms with Crippen molar-refractivity contribution in [3.63, 3.8) is 0 Å². The summed E-state index contributed by atoms with van der Waals surface area (Å²) in [6.45, 7) is 4.10. The third-order valence-corrected chi connectivity index (χ3v) is 5.87. The Hall–Kier alpha value is -1.27. The van der Waals surface area contributed by atoms with E-state index < -0.39 is 20.6 Å². The molecule has 0 heterocycles. The van der Waals surface area contributed by atoms with Crippen molar-refractivity contribution in [3.8, 4) is 0 Å². The van der Waals surface area contributed by atoms with Gasteiger partial charge in [-0.2, -0.15) is 0 Å². The van der Waals surface area contributed by atoms with Crippen LogP contribution >= 0.6 is 10.7 Å². The normalized spacial score (nSPS) is 17.8. The molecule has 1 fully saturated rings. The molecule has 1 aliphatic carbocycles. The molecule has 1 atom stereocenters. The van der Waals surface area contributed by atoms with Crippen LogP contribution in [0.1, 0.15) is 38.7 Å². The first-order valence-electron chi connectivity index (χ1n) is 8.11. The maximum atomic E-state index is 12.2. The van der Waals surface area contributed by atoms with E-state index in [1.54, 1.807) is 0 Å². The lowest BCUT2D eigenvalue weighted by Gasteiger charge is -2.48. The Balaban J connectivity index is 2.01. The van der Waals surface area contributed by atoms with Crippen LogP contribution in [0.25, 0.3) is 0 Å². The molecular formula is C17H24ClNO4S. The van der Waals surface area contributed by atoms with Crippen molar-refractivity contribution in [3.05, 3.63) is 35.9 Å². The van der Waals surface area contributed by atoms with E-state index in [0.717, 1.165) is 24.8 Å². The highest BCUT2D eigenvalue weighted by atomic mass is 35.7. The van der Waals surface area contributed by atoms with Gasteiger partial charge in [-0.3, -0.25) is 0 Å². The van der Waals surface area contributed by atoms with E-state index in [4.69, 9.17) is 15.4 Å². The summed E-state index contributed by atoms with van der Waals surface area (Å²) in [4.78, 5) is 12.2. The summed E-state index contributed by atoms with van der Waals surface area (Å²) >= 11 is 0. The van der Waals surface area contributed by atoms with E-state index in [1.807, 2.05) is 44.2 Å². The number of carbonyl (C=O) groups is 1. The van der Waals surface area contributed by atoms with E-state index in [-0.39, 0.29) is 24.3 Å². The number of ether oxygens (including phenoxy) is 1. The number of amides is 1. The molecule has 1 saturated carbocycles. The van der Waals surface area contributed by atoms with Gasteiger partial charge in [0, 0.05) is 22.1 Å². The summed E-state index contributed by atoms with van der Waals surface area (Å²) in [5.41, 5.74) is 0.399. The van der Waals surface area contributed by atoms with Crippen LogP contribution in [0.3, 0.4) is 0 Å². The first-order valence-corrected chi connectivity index (χ1v) is 10.6. The first kappa shape index (κ1) is 19.1. The Morgan fingerprint density at radius 3 is 2.38 bits per heavy atom. The van der Waals surface area contributed by atoms with Crippen LogP contribution in [0.5, 0.6) is 0 Å². The lowest BCUT2D eigenvalue weighted by Crippen LogP contribution is -2.56. The standard InChI is InChI=1S/C17H24ClNO4S/c1-13(2)15(17(9-6-10-17)12-24(18,21)22)19-16(20)23-11-14-7-4-3-5-8-14/h3-5,7-8,13,15H,6,9-12H2,1-2H3,(H,19,20).